The first kappa shape index (κ1) is 19.2. The number of aromatic nitrogens is 2. The summed E-state index contributed by atoms with van der Waals surface area (Å²) in [5.41, 5.74) is 3.07. The molecule has 2 amide bonds. The van der Waals surface area contributed by atoms with Gasteiger partial charge in [-0.1, -0.05) is 12.1 Å². The van der Waals surface area contributed by atoms with Crippen LogP contribution in [0.1, 0.15) is 40.3 Å². The molecule has 0 aliphatic carbocycles. The average Bonchev–Trinajstić information content (AvgIpc) is 2.57. The van der Waals surface area contributed by atoms with Gasteiger partial charge in [-0.05, 0) is 31.5 Å². The number of benzene rings is 1. The van der Waals surface area contributed by atoms with Crippen molar-refractivity contribution in [2.45, 2.75) is 25.9 Å². The number of hydrazine groups is 1. The SMILES string of the molecule is Cc1nc(C(=O)NNC(=O)C(C)c2ccc(C(F)(F)F)cc2)cc(=O)[nH]1. The van der Waals surface area contributed by atoms with Gasteiger partial charge in [-0.15, -0.1) is 0 Å². The van der Waals surface area contributed by atoms with E-state index in [2.05, 4.69) is 20.8 Å². The molecule has 0 fully saturated rings. The molecular formula is C16H15F3N4O3. The number of nitrogens with one attached hydrogen (secondary N) is 3. The van der Waals surface area contributed by atoms with E-state index >= 15 is 0 Å². The lowest BCUT2D eigenvalue weighted by atomic mass is 9.99. The normalized spacial score (nSPS) is 12.3. The minimum atomic E-state index is -4.46. The molecule has 10 heteroatoms. The molecule has 138 valence electrons. The molecule has 26 heavy (non-hydrogen) atoms. The van der Waals surface area contributed by atoms with Gasteiger partial charge < -0.3 is 4.98 Å². The van der Waals surface area contributed by atoms with Crippen LogP contribution in [-0.2, 0) is 11.0 Å². The van der Waals surface area contributed by atoms with Crippen molar-refractivity contribution in [2.24, 2.45) is 0 Å². The van der Waals surface area contributed by atoms with Gasteiger partial charge in [-0.25, -0.2) is 4.98 Å². The van der Waals surface area contributed by atoms with Crippen LogP contribution in [0.3, 0.4) is 0 Å². The van der Waals surface area contributed by atoms with Gasteiger partial charge in [0.15, 0.2) is 0 Å². The van der Waals surface area contributed by atoms with Crippen molar-refractivity contribution >= 4 is 11.8 Å². The maximum absolute atomic E-state index is 12.5. The first-order chi connectivity index (χ1) is 12.1. The number of hydrogen-bond acceptors (Lipinski definition) is 4. The molecule has 0 saturated heterocycles. The highest BCUT2D eigenvalue weighted by molar-refractivity contribution is 5.94. The molecule has 0 bridgehead atoms. The topological polar surface area (TPSA) is 104 Å². The second-order valence-corrected chi connectivity index (χ2v) is 5.50. The summed E-state index contributed by atoms with van der Waals surface area (Å²) < 4.78 is 37.6. The molecule has 7 nitrogen and oxygen atoms in total. The van der Waals surface area contributed by atoms with E-state index in [1.807, 2.05) is 0 Å². The van der Waals surface area contributed by atoms with E-state index in [0.29, 0.717) is 5.56 Å². The van der Waals surface area contributed by atoms with Crippen LogP contribution < -0.4 is 16.4 Å². The third-order valence-corrected chi connectivity index (χ3v) is 3.52. The summed E-state index contributed by atoms with van der Waals surface area (Å²) in [6, 6.07) is 5.10. The lowest BCUT2D eigenvalue weighted by molar-refractivity contribution is -0.137. The van der Waals surface area contributed by atoms with Crippen molar-refractivity contribution < 1.29 is 22.8 Å². The summed E-state index contributed by atoms with van der Waals surface area (Å²) in [4.78, 5) is 41.5. The lowest BCUT2D eigenvalue weighted by Crippen LogP contribution is -2.44. The molecule has 0 saturated carbocycles. The fourth-order valence-corrected chi connectivity index (χ4v) is 2.10. The third-order valence-electron chi connectivity index (χ3n) is 3.52. The zero-order chi connectivity index (χ0) is 19.5. The van der Waals surface area contributed by atoms with Crippen LogP contribution in [0.4, 0.5) is 13.2 Å². The minimum Gasteiger partial charge on any atom is -0.311 e. The van der Waals surface area contributed by atoms with Gasteiger partial charge in [0.05, 0.1) is 11.5 Å². The van der Waals surface area contributed by atoms with Crippen LogP contribution in [0.25, 0.3) is 0 Å². The quantitative estimate of drug-likeness (QED) is 0.717. The maximum Gasteiger partial charge on any atom is 0.416 e. The smallest absolute Gasteiger partial charge is 0.311 e. The molecule has 0 spiro atoms. The largest absolute Gasteiger partial charge is 0.416 e. The number of nitrogens with zero attached hydrogens (tertiary/aromatic N) is 1. The first-order valence-corrected chi connectivity index (χ1v) is 7.43. The van der Waals surface area contributed by atoms with Gasteiger partial charge in [0.25, 0.3) is 11.5 Å². The number of rotatable bonds is 3. The molecule has 2 aromatic rings. The molecule has 1 heterocycles. The second-order valence-electron chi connectivity index (χ2n) is 5.50. The van der Waals surface area contributed by atoms with E-state index < -0.39 is 35.0 Å². The second kappa shape index (κ2) is 7.38. The van der Waals surface area contributed by atoms with Crippen molar-refractivity contribution in [3.8, 4) is 0 Å². The van der Waals surface area contributed by atoms with Crippen LogP contribution in [0.2, 0.25) is 0 Å². The Balaban J connectivity index is 2.00. The van der Waals surface area contributed by atoms with E-state index in [1.54, 1.807) is 0 Å². The van der Waals surface area contributed by atoms with Gasteiger partial charge >= 0.3 is 6.18 Å². The number of hydrogen-bond donors (Lipinski definition) is 3. The van der Waals surface area contributed by atoms with Crippen molar-refractivity contribution in [1.82, 2.24) is 20.8 Å². The molecular weight excluding hydrogens is 353 g/mol. The molecule has 1 aromatic heterocycles. The Morgan fingerprint density at radius 3 is 2.31 bits per heavy atom. The molecule has 0 radical (unpaired) electrons. The zero-order valence-electron chi connectivity index (χ0n) is 13.8. The number of aromatic amines is 1. The summed E-state index contributed by atoms with van der Waals surface area (Å²) in [6.07, 6.45) is -4.46. The Labute approximate surface area is 145 Å². The lowest BCUT2D eigenvalue weighted by Gasteiger charge is -2.14. The molecule has 2 rings (SSSR count). The Kier molecular flexibility index (Phi) is 5.44. The number of carbonyl (C=O) groups excluding carboxylic acids is 2. The molecule has 3 N–H and O–H groups in total. The number of aryl methyl sites for hydroxylation is 1. The van der Waals surface area contributed by atoms with Crippen molar-refractivity contribution in [1.29, 1.82) is 0 Å². The molecule has 0 aliphatic heterocycles. The first-order valence-electron chi connectivity index (χ1n) is 7.43. The Bertz CT molecular complexity index is 876. The molecule has 1 atom stereocenters. The van der Waals surface area contributed by atoms with Crippen LogP contribution in [0, 0.1) is 6.92 Å². The molecule has 1 aromatic carbocycles. The van der Waals surface area contributed by atoms with Gasteiger partial charge in [-0.3, -0.25) is 25.2 Å². The number of H-pyrrole nitrogens is 1. The predicted octanol–water partition coefficient (Wildman–Crippen LogP) is 1.66. The zero-order valence-corrected chi connectivity index (χ0v) is 13.8. The standard InChI is InChI=1S/C16H15F3N4O3/c1-8(10-3-5-11(6-4-10)16(17,18)19)14(25)22-23-15(26)12-7-13(24)21-9(2)20-12/h3-8H,1-2H3,(H,22,25)(H,23,26)(H,20,21,24). The fraction of sp³-hybridized carbons (Fsp3) is 0.250. The fourth-order valence-electron chi connectivity index (χ4n) is 2.10. The summed E-state index contributed by atoms with van der Waals surface area (Å²) in [5.74, 6) is -2.02. The van der Waals surface area contributed by atoms with Gasteiger partial charge in [0.1, 0.15) is 11.5 Å². The van der Waals surface area contributed by atoms with E-state index in [4.69, 9.17) is 0 Å². The Morgan fingerprint density at radius 2 is 1.77 bits per heavy atom. The average molecular weight is 368 g/mol. The van der Waals surface area contributed by atoms with Crippen LogP contribution in [0.15, 0.2) is 35.1 Å². The molecule has 0 aliphatic rings. The summed E-state index contributed by atoms with van der Waals surface area (Å²) in [7, 11) is 0. The maximum atomic E-state index is 12.5. The predicted molar refractivity (Wildman–Crippen MR) is 85.1 cm³/mol. The summed E-state index contributed by atoms with van der Waals surface area (Å²) >= 11 is 0. The third kappa shape index (κ3) is 4.68. The van der Waals surface area contributed by atoms with E-state index in [9.17, 15) is 27.6 Å². The minimum absolute atomic E-state index is 0.186. The summed E-state index contributed by atoms with van der Waals surface area (Å²) in [5, 5.41) is 0. The number of alkyl halides is 3. The number of carbonyl (C=O) groups is 2. The van der Waals surface area contributed by atoms with Crippen molar-refractivity contribution in [3.63, 3.8) is 0 Å². The van der Waals surface area contributed by atoms with E-state index in [1.165, 1.54) is 26.0 Å². The monoisotopic (exact) mass is 368 g/mol. The van der Waals surface area contributed by atoms with Crippen LogP contribution in [-0.4, -0.2) is 21.8 Å². The van der Waals surface area contributed by atoms with Gasteiger partial charge in [0.2, 0.25) is 5.91 Å². The highest BCUT2D eigenvalue weighted by atomic mass is 19.4. The highest BCUT2D eigenvalue weighted by Gasteiger charge is 2.30. The van der Waals surface area contributed by atoms with Crippen LogP contribution >= 0.6 is 0 Å². The van der Waals surface area contributed by atoms with Crippen molar-refractivity contribution in [2.75, 3.05) is 0 Å². The summed E-state index contributed by atoms with van der Waals surface area (Å²) in [6.45, 7) is 2.96. The highest BCUT2D eigenvalue weighted by Crippen LogP contribution is 2.30. The van der Waals surface area contributed by atoms with Crippen LogP contribution in [0.5, 0.6) is 0 Å². The van der Waals surface area contributed by atoms with Gasteiger partial charge in [0, 0.05) is 6.07 Å². The number of amides is 2. The van der Waals surface area contributed by atoms with E-state index in [-0.39, 0.29) is 11.5 Å². The van der Waals surface area contributed by atoms with E-state index in [0.717, 1.165) is 18.2 Å². The van der Waals surface area contributed by atoms with Crippen molar-refractivity contribution in [3.05, 3.63) is 63.3 Å². The van der Waals surface area contributed by atoms with Gasteiger partial charge in [-0.2, -0.15) is 13.2 Å². The number of halogens is 3. The Hall–Kier alpha value is -3.17. The molecule has 1 unspecified atom stereocenters. The Morgan fingerprint density at radius 1 is 1.15 bits per heavy atom.